The van der Waals surface area contributed by atoms with E-state index in [4.69, 9.17) is 5.11 Å². The van der Waals surface area contributed by atoms with Crippen LogP contribution in [0.5, 0.6) is 0 Å². The lowest BCUT2D eigenvalue weighted by molar-refractivity contribution is -0.136. The molecule has 32 heavy (non-hydrogen) atoms. The van der Waals surface area contributed by atoms with E-state index in [0.717, 1.165) is 16.7 Å². The van der Waals surface area contributed by atoms with Crippen LogP contribution < -0.4 is 10.9 Å². The summed E-state index contributed by atoms with van der Waals surface area (Å²) in [6.45, 7) is 6.58. The Balaban J connectivity index is 1.53. The first-order valence-corrected chi connectivity index (χ1v) is 10.7. The fraction of sp³-hybridized carbons (Fsp3) is 0.500. The van der Waals surface area contributed by atoms with Crippen LogP contribution in [-0.2, 0) is 16.0 Å². The van der Waals surface area contributed by atoms with Crippen LogP contribution in [0.2, 0.25) is 0 Å². The molecule has 2 aromatic rings. The predicted molar refractivity (Wildman–Crippen MR) is 116 cm³/mol. The number of piperazine rings is 1. The SMILES string of the molecule is CC(C)(Cc1ccc2c(=O)n(C3CCC(=O)NC3=O)ncc2c1)N1CCN(C(=O)O)CC1. The average molecular weight is 441 g/mol. The molecular formula is C22H27N5O5. The topological polar surface area (TPSA) is 125 Å². The molecule has 0 aliphatic carbocycles. The van der Waals surface area contributed by atoms with Gasteiger partial charge in [-0.1, -0.05) is 6.07 Å². The second-order valence-electron chi connectivity index (χ2n) is 9.03. The van der Waals surface area contributed by atoms with Crippen molar-refractivity contribution in [3.8, 4) is 0 Å². The summed E-state index contributed by atoms with van der Waals surface area (Å²) in [4.78, 5) is 51.4. The molecule has 2 aliphatic rings. The Morgan fingerprint density at radius 2 is 1.91 bits per heavy atom. The smallest absolute Gasteiger partial charge is 0.407 e. The highest BCUT2D eigenvalue weighted by Gasteiger charge is 2.32. The number of rotatable bonds is 4. The van der Waals surface area contributed by atoms with Gasteiger partial charge in [0.2, 0.25) is 5.91 Å². The van der Waals surface area contributed by atoms with Crippen LogP contribution in [0.4, 0.5) is 4.79 Å². The Hall–Kier alpha value is -3.27. The van der Waals surface area contributed by atoms with Crippen LogP contribution >= 0.6 is 0 Å². The molecule has 1 unspecified atom stereocenters. The van der Waals surface area contributed by atoms with Crippen molar-refractivity contribution < 1.29 is 19.5 Å². The van der Waals surface area contributed by atoms with Gasteiger partial charge in [-0.3, -0.25) is 24.6 Å². The first-order valence-electron chi connectivity index (χ1n) is 10.7. The fourth-order valence-electron chi connectivity index (χ4n) is 4.58. The van der Waals surface area contributed by atoms with E-state index in [9.17, 15) is 19.2 Å². The van der Waals surface area contributed by atoms with Gasteiger partial charge in [-0.25, -0.2) is 9.48 Å². The minimum Gasteiger partial charge on any atom is -0.465 e. The normalized spacial score (nSPS) is 20.4. The van der Waals surface area contributed by atoms with Gasteiger partial charge in [-0.05, 0) is 44.4 Å². The molecule has 2 saturated heterocycles. The third kappa shape index (κ3) is 4.22. The molecule has 10 nitrogen and oxygen atoms in total. The number of fused-ring (bicyclic) bond motifs is 1. The van der Waals surface area contributed by atoms with Crippen LogP contribution in [-0.4, -0.2) is 74.3 Å². The van der Waals surface area contributed by atoms with Gasteiger partial charge in [0.05, 0.1) is 11.6 Å². The maximum Gasteiger partial charge on any atom is 0.407 e. The van der Waals surface area contributed by atoms with Crippen molar-refractivity contribution in [2.45, 2.75) is 44.7 Å². The zero-order valence-corrected chi connectivity index (χ0v) is 18.2. The number of carboxylic acid groups (broad SMARTS) is 1. The lowest BCUT2D eigenvalue weighted by Crippen LogP contribution is -2.56. The monoisotopic (exact) mass is 441 g/mol. The number of imide groups is 1. The zero-order chi connectivity index (χ0) is 23.0. The summed E-state index contributed by atoms with van der Waals surface area (Å²) >= 11 is 0. The fourth-order valence-corrected chi connectivity index (χ4v) is 4.58. The predicted octanol–water partition coefficient (Wildman–Crippen LogP) is 0.991. The summed E-state index contributed by atoms with van der Waals surface area (Å²) in [5, 5.41) is 16.8. The number of nitrogens with zero attached hydrogens (tertiary/aromatic N) is 4. The van der Waals surface area contributed by atoms with Crippen molar-refractivity contribution in [2.75, 3.05) is 26.2 Å². The Kier molecular flexibility index (Phi) is 5.72. The molecule has 3 amide bonds. The maximum atomic E-state index is 13.0. The number of amides is 3. The van der Waals surface area contributed by atoms with Crippen molar-refractivity contribution in [1.82, 2.24) is 24.9 Å². The summed E-state index contributed by atoms with van der Waals surface area (Å²) in [6.07, 6.45) is 1.86. The average Bonchev–Trinajstić information content (AvgIpc) is 2.74. The number of piperidine rings is 1. The number of hydrogen-bond donors (Lipinski definition) is 2. The Morgan fingerprint density at radius 3 is 2.56 bits per heavy atom. The minimum atomic E-state index is -0.882. The van der Waals surface area contributed by atoms with Crippen molar-refractivity contribution in [3.63, 3.8) is 0 Å². The molecule has 4 rings (SSSR count). The molecule has 1 atom stereocenters. The zero-order valence-electron chi connectivity index (χ0n) is 18.2. The second kappa shape index (κ2) is 8.34. The van der Waals surface area contributed by atoms with Gasteiger partial charge < -0.3 is 10.0 Å². The first-order chi connectivity index (χ1) is 15.2. The summed E-state index contributed by atoms with van der Waals surface area (Å²) in [6, 6.07) is 4.82. The van der Waals surface area contributed by atoms with E-state index < -0.39 is 18.0 Å². The molecule has 10 heteroatoms. The van der Waals surface area contributed by atoms with Crippen LogP contribution in [0.15, 0.2) is 29.2 Å². The van der Waals surface area contributed by atoms with E-state index in [1.54, 1.807) is 12.3 Å². The van der Waals surface area contributed by atoms with E-state index >= 15 is 0 Å². The van der Waals surface area contributed by atoms with Crippen LogP contribution in [0.3, 0.4) is 0 Å². The van der Waals surface area contributed by atoms with Gasteiger partial charge in [0.1, 0.15) is 6.04 Å². The summed E-state index contributed by atoms with van der Waals surface area (Å²) < 4.78 is 1.16. The Morgan fingerprint density at radius 1 is 1.19 bits per heavy atom. The van der Waals surface area contributed by atoms with E-state index in [1.807, 2.05) is 12.1 Å². The quantitative estimate of drug-likeness (QED) is 0.678. The highest BCUT2D eigenvalue weighted by molar-refractivity contribution is 5.99. The van der Waals surface area contributed by atoms with E-state index in [2.05, 4.69) is 29.2 Å². The number of carbonyl (C=O) groups excluding carboxylic acids is 2. The molecule has 1 aromatic carbocycles. The van der Waals surface area contributed by atoms with E-state index in [0.29, 0.717) is 37.0 Å². The highest BCUT2D eigenvalue weighted by atomic mass is 16.4. The van der Waals surface area contributed by atoms with Crippen LogP contribution in [0.25, 0.3) is 10.8 Å². The summed E-state index contributed by atoms with van der Waals surface area (Å²) in [7, 11) is 0. The largest absolute Gasteiger partial charge is 0.465 e. The molecule has 0 spiro atoms. The first kappa shape index (κ1) is 21.9. The molecule has 0 saturated carbocycles. The molecule has 170 valence electrons. The highest BCUT2D eigenvalue weighted by Crippen LogP contribution is 2.24. The molecule has 3 heterocycles. The van der Waals surface area contributed by atoms with E-state index in [-0.39, 0.29) is 29.8 Å². The number of nitrogens with one attached hydrogen (secondary N) is 1. The lowest BCUT2D eigenvalue weighted by Gasteiger charge is -2.43. The number of hydrogen-bond acceptors (Lipinski definition) is 6. The second-order valence-corrected chi connectivity index (χ2v) is 9.03. The van der Waals surface area contributed by atoms with Gasteiger partial charge in [-0.15, -0.1) is 0 Å². The molecule has 1 aromatic heterocycles. The molecule has 2 aliphatic heterocycles. The number of aromatic nitrogens is 2. The van der Waals surface area contributed by atoms with Gasteiger partial charge in [0, 0.05) is 43.5 Å². The minimum absolute atomic E-state index is 0.178. The summed E-state index contributed by atoms with van der Waals surface area (Å²) in [5.41, 5.74) is 0.503. The summed E-state index contributed by atoms with van der Waals surface area (Å²) in [5.74, 6) is -0.840. The molecular weight excluding hydrogens is 414 g/mol. The third-order valence-corrected chi connectivity index (χ3v) is 6.42. The van der Waals surface area contributed by atoms with Crippen LogP contribution in [0, 0.1) is 0 Å². The van der Waals surface area contributed by atoms with Crippen molar-refractivity contribution in [2.24, 2.45) is 0 Å². The molecule has 2 fully saturated rings. The van der Waals surface area contributed by atoms with Gasteiger partial charge in [0.25, 0.3) is 11.5 Å². The van der Waals surface area contributed by atoms with Crippen molar-refractivity contribution >= 4 is 28.7 Å². The number of benzene rings is 1. The van der Waals surface area contributed by atoms with Crippen molar-refractivity contribution in [1.29, 1.82) is 0 Å². The third-order valence-electron chi connectivity index (χ3n) is 6.42. The Labute approximate surface area is 184 Å². The molecule has 2 N–H and O–H groups in total. The molecule has 0 radical (unpaired) electrons. The number of carbonyl (C=O) groups is 3. The van der Waals surface area contributed by atoms with E-state index in [1.165, 1.54) is 4.90 Å². The maximum absolute atomic E-state index is 13.0. The Bertz CT molecular complexity index is 1130. The van der Waals surface area contributed by atoms with Gasteiger partial charge in [-0.2, -0.15) is 5.10 Å². The molecule has 0 bridgehead atoms. The van der Waals surface area contributed by atoms with Gasteiger partial charge >= 0.3 is 6.09 Å². The van der Waals surface area contributed by atoms with Crippen molar-refractivity contribution in [3.05, 3.63) is 40.3 Å². The van der Waals surface area contributed by atoms with Crippen LogP contribution in [0.1, 0.15) is 38.3 Å². The standard InChI is InChI=1S/C22H27N5O5/c1-22(2,26-9-7-25(8-10-26)21(31)32)12-14-3-4-16-15(11-14)13-23-27(20(16)30)17-5-6-18(28)24-19(17)29/h3-4,11,13,17H,5-10,12H2,1-2H3,(H,31,32)(H,24,28,29). The lowest BCUT2D eigenvalue weighted by atomic mass is 9.91. The van der Waals surface area contributed by atoms with Gasteiger partial charge in [0.15, 0.2) is 0 Å².